The Labute approximate surface area is 160 Å². The molecule has 1 amide bonds. The Bertz CT molecular complexity index is 911. The van der Waals surface area contributed by atoms with Crippen LogP contribution >= 0.6 is 11.6 Å². The average Bonchev–Trinajstić information content (AvgIpc) is 2.60. The molecule has 7 heteroatoms. The van der Waals surface area contributed by atoms with Crippen molar-refractivity contribution in [1.29, 1.82) is 0 Å². The molecular formula is C20H17ClFNO4. The van der Waals surface area contributed by atoms with Gasteiger partial charge in [0.1, 0.15) is 18.2 Å². The molecule has 1 fully saturated rings. The molecule has 2 aromatic rings. The molecule has 2 aliphatic heterocycles. The molecule has 0 spiro atoms. The Morgan fingerprint density at radius 2 is 2.11 bits per heavy atom. The summed E-state index contributed by atoms with van der Waals surface area (Å²) in [5.74, 6) is -0.812. The molecule has 2 aromatic carbocycles. The SMILES string of the molecule is O=C1COc2cc(F)c(C(=O)N3CC(OCc4cccc(Cl)c4)C3)cc2C1. The molecule has 0 aromatic heterocycles. The zero-order chi connectivity index (χ0) is 19.0. The highest BCUT2D eigenvalue weighted by Gasteiger charge is 2.34. The van der Waals surface area contributed by atoms with E-state index in [1.807, 2.05) is 18.2 Å². The van der Waals surface area contributed by atoms with Crippen molar-refractivity contribution in [2.45, 2.75) is 19.1 Å². The first-order chi connectivity index (χ1) is 13.0. The number of ether oxygens (including phenoxy) is 2. The lowest BCUT2D eigenvalue weighted by molar-refractivity contribution is -0.121. The van der Waals surface area contributed by atoms with E-state index in [2.05, 4.69) is 0 Å². The second-order valence-electron chi connectivity index (χ2n) is 6.72. The Balaban J connectivity index is 1.36. The normalized spacial score (nSPS) is 16.5. The molecule has 0 radical (unpaired) electrons. The van der Waals surface area contributed by atoms with Crippen LogP contribution in [0.25, 0.3) is 0 Å². The van der Waals surface area contributed by atoms with Crippen LogP contribution in [0, 0.1) is 5.82 Å². The van der Waals surface area contributed by atoms with Gasteiger partial charge in [0, 0.05) is 36.2 Å². The molecule has 0 bridgehead atoms. The van der Waals surface area contributed by atoms with Gasteiger partial charge in [-0.1, -0.05) is 23.7 Å². The Kier molecular flexibility index (Phi) is 4.85. The van der Waals surface area contributed by atoms with E-state index < -0.39 is 11.7 Å². The molecular weight excluding hydrogens is 373 g/mol. The van der Waals surface area contributed by atoms with Gasteiger partial charge in [-0.2, -0.15) is 0 Å². The molecule has 4 rings (SSSR count). The van der Waals surface area contributed by atoms with Crippen LogP contribution in [0.15, 0.2) is 36.4 Å². The van der Waals surface area contributed by atoms with Gasteiger partial charge in [0.15, 0.2) is 5.78 Å². The fourth-order valence-corrected chi connectivity index (χ4v) is 3.39. The van der Waals surface area contributed by atoms with Crippen molar-refractivity contribution in [2.75, 3.05) is 19.7 Å². The van der Waals surface area contributed by atoms with E-state index >= 15 is 0 Å². The number of hydrogen-bond donors (Lipinski definition) is 0. The summed E-state index contributed by atoms with van der Waals surface area (Å²) in [6.07, 6.45) is 0.0555. The van der Waals surface area contributed by atoms with Gasteiger partial charge in [-0.3, -0.25) is 9.59 Å². The van der Waals surface area contributed by atoms with E-state index in [4.69, 9.17) is 21.1 Å². The molecule has 140 valence electrons. The monoisotopic (exact) mass is 389 g/mol. The molecule has 0 aliphatic carbocycles. The topological polar surface area (TPSA) is 55.8 Å². The number of amides is 1. The highest BCUT2D eigenvalue weighted by Crippen LogP contribution is 2.28. The van der Waals surface area contributed by atoms with E-state index in [9.17, 15) is 14.0 Å². The number of benzene rings is 2. The van der Waals surface area contributed by atoms with Crippen LogP contribution in [0.4, 0.5) is 4.39 Å². The number of rotatable bonds is 4. The minimum Gasteiger partial charge on any atom is -0.485 e. The number of nitrogens with zero attached hydrogens (tertiary/aromatic N) is 1. The number of halogens is 2. The molecule has 0 N–H and O–H groups in total. The fourth-order valence-electron chi connectivity index (χ4n) is 3.18. The fraction of sp³-hybridized carbons (Fsp3) is 0.300. The summed E-state index contributed by atoms with van der Waals surface area (Å²) in [5, 5.41) is 0.645. The number of hydrogen-bond acceptors (Lipinski definition) is 4. The van der Waals surface area contributed by atoms with E-state index in [0.29, 0.717) is 36.0 Å². The Morgan fingerprint density at radius 3 is 2.89 bits per heavy atom. The Hall–Kier alpha value is -2.44. The van der Waals surface area contributed by atoms with Crippen LogP contribution in [0.3, 0.4) is 0 Å². The standard InChI is InChI=1S/C20H17ClFNO4/c21-14-3-1-2-12(4-14)10-26-16-8-23(9-16)20(25)17-6-13-5-15(24)11-27-19(13)7-18(17)22/h1-4,6-7,16H,5,8-11H2. The van der Waals surface area contributed by atoms with Crippen LogP contribution < -0.4 is 4.74 Å². The summed E-state index contributed by atoms with van der Waals surface area (Å²) >= 11 is 5.94. The van der Waals surface area contributed by atoms with Crippen molar-refractivity contribution in [1.82, 2.24) is 4.90 Å². The zero-order valence-electron chi connectivity index (χ0n) is 14.4. The predicted molar refractivity (Wildman–Crippen MR) is 96.5 cm³/mol. The summed E-state index contributed by atoms with van der Waals surface area (Å²) in [7, 11) is 0. The minimum absolute atomic E-state index is 0.0414. The van der Waals surface area contributed by atoms with Crippen molar-refractivity contribution >= 4 is 23.3 Å². The van der Waals surface area contributed by atoms with Gasteiger partial charge in [-0.05, 0) is 23.8 Å². The van der Waals surface area contributed by atoms with Crippen LogP contribution in [-0.4, -0.2) is 42.4 Å². The number of fused-ring (bicyclic) bond motifs is 1. The number of ketones is 1. The first-order valence-electron chi connectivity index (χ1n) is 8.62. The highest BCUT2D eigenvalue weighted by molar-refractivity contribution is 6.30. The molecule has 1 saturated heterocycles. The molecule has 2 aliphatic rings. The van der Waals surface area contributed by atoms with E-state index in [-0.39, 0.29) is 30.5 Å². The summed E-state index contributed by atoms with van der Waals surface area (Å²) in [6, 6.07) is 9.99. The number of likely N-dealkylation sites (tertiary alicyclic amines) is 1. The van der Waals surface area contributed by atoms with Crippen LogP contribution in [0.1, 0.15) is 21.5 Å². The molecule has 5 nitrogen and oxygen atoms in total. The van der Waals surface area contributed by atoms with Gasteiger partial charge in [0.2, 0.25) is 0 Å². The lowest BCUT2D eigenvalue weighted by Crippen LogP contribution is -2.54. The van der Waals surface area contributed by atoms with Crippen molar-refractivity contribution in [2.24, 2.45) is 0 Å². The first-order valence-corrected chi connectivity index (χ1v) is 8.99. The molecule has 27 heavy (non-hydrogen) atoms. The van der Waals surface area contributed by atoms with Gasteiger partial charge in [0.05, 0.1) is 18.3 Å². The van der Waals surface area contributed by atoms with Gasteiger partial charge in [0.25, 0.3) is 5.91 Å². The third-order valence-corrected chi connectivity index (χ3v) is 4.90. The third-order valence-electron chi connectivity index (χ3n) is 4.67. The van der Waals surface area contributed by atoms with Gasteiger partial charge >= 0.3 is 0 Å². The van der Waals surface area contributed by atoms with Crippen LogP contribution in [0.5, 0.6) is 5.75 Å². The second kappa shape index (κ2) is 7.29. The number of carbonyl (C=O) groups is 2. The predicted octanol–water partition coefficient (Wildman–Crippen LogP) is 3.02. The first kappa shape index (κ1) is 17.9. The number of Topliss-reactive ketones (excluding diaryl/α,β-unsaturated/α-hetero) is 1. The molecule has 0 saturated carbocycles. The largest absolute Gasteiger partial charge is 0.485 e. The van der Waals surface area contributed by atoms with Crippen molar-refractivity contribution in [3.8, 4) is 5.75 Å². The van der Waals surface area contributed by atoms with Crippen LogP contribution in [-0.2, 0) is 22.6 Å². The quantitative estimate of drug-likeness (QED) is 0.806. The van der Waals surface area contributed by atoms with Crippen molar-refractivity contribution in [3.05, 3.63) is 63.9 Å². The van der Waals surface area contributed by atoms with Crippen molar-refractivity contribution in [3.63, 3.8) is 0 Å². The second-order valence-corrected chi connectivity index (χ2v) is 7.15. The van der Waals surface area contributed by atoms with Crippen LogP contribution in [0.2, 0.25) is 5.02 Å². The zero-order valence-corrected chi connectivity index (χ0v) is 15.2. The third kappa shape index (κ3) is 3.82. The summed E-state index contributed by atoms with van der Waals surface area (Å²) in [5.41, 5.74) is 1.46. The molecule has 0 atom stereocenters. The van der Waals surface area contributed by atoms with E-state index in [1.165, 1.54) is 17.0 Å². The van der Waals surface area contributed by atoms with E-state index in [0.717, 1.165) is 5.56 Å². The average molecular weight is 390 g/mol. The van der Waals surface area contributed by atoms with Gasteiger partial charge < -0.3 is 14.4 Å². The lowest BCUT2D eigenvalue weighted by atomic mass is 10.0. The maximum absolute atomic E-state index is 14.3. The molecule has 0 unspecified atom stereocenters. The summed E-state index contributed by atoms with van der Waals surface area (Å²) in [4.78, 5) is 25.6. The van der Waals surface area contributed by atoms with Crippen molar-refractivity contribution < 1.29 is 23.5 Å². The maximum atomic E-state index is 14.3. The van der Waals surface area contributed by atoms with Gasteiger partial charge in [-0.25, -0.2) is 4.39 Å². The maximum Gasteiger partial charge on any atom is 0.257 e. The molecule has 2 heterocycles. The van der Waals surface area contributed by atoms with Gasteiger partial charge in [-0.15, -0.1) is 0 Å². The number of carbonyl (C=O) groups excluding carboxylic acids is 2. The van der Waals surface area contributed by atoms with E-state index in [1.54, 1.807) is 6.07 Å². The minimum atomic E-state index is -0.642. The summed E-state index contributed by atoms with van der Waals surface area (Å²) in [6.45, 7) is 1.13. The summed E-state index contributed by atoms with van der Waals surface area (Å²) < 4.78 is 25.3. The Morgan fingerprint density at radius 1 is 1.30 bits per heavy atom. The smallest absolute Gasteiger partial charge is 0.257 e. The lowest BCUT2D eigenvalue weighted by Gasteiger charge is -2.39. The highest BCUT2D eigenvalue weighted by atomic mass is 35.5.